The first-order valence-corrected chi connectivity index (χ1v) is 18.2. The number of phenols is 1. The summed E-state index contributed by atoms with van der Waals surface area (Å²) in [5.41, 5.74) is 4.18. The molecule has 0 saturated heterocycles. The Morgan fingerprint density at radius 2 is 1.20 bits per heavy atom. The van der Waals surface area contributed by atoms with Crippen LogP contribution in [0.25, 0.3) is 0 Å². The number of carbonyl (C=O) groups excluding carboxylic acids is 3. The first kappa shape index (κ1) is 38.1. The van der Waals surface area contributed by atoms with Crippen molar-refractivity contribution in [2.45, 2.75) is 57.8 Å². The Morgan fingerprint density at radius 1 is 0.673 bits per heavy atom. The number of benzene rings is 5. The van der Waals surface area contributed by atoms with Crippen molar-refractivity contribution >= 4 is 24.0 Å². The molecule has 0 bridgehead atoms. The van der Waals surface area contributed by atoms with Crippen molar-refractivity contribution in [1.29, 1.82) is 0 Å². The van der Waals surface area contributed by atoms with Crippen molar-refractivity contribution in [2.75, 3.05) is 6.54 Å². The molecule has 2 amide bonds. The number of esters is 1. The number of phenolic OH excluding ortho intramolecular Hbond substituents is 1. The number of nitrogens with zero attached hydrogens (tertiary/aromatic N) is 1. The highest BCUT2D eigenvalue weighted by molar-refractivity contribution is 6.01. The molecule has 5 aromatic carbocycles. The molecule has 2 atom stereocenters. The maximum Gasteiger partial charge on any atom is 0.453 e. The van der Waals surface area contributed by atoms with Gasteiger partial charge in [0.2, 0.25) is 12.1 Å². The number of alkyl carbamates (subject to hydrolysis) is 1. The van der Waals surface area contributed by atoms with Gasteiger partial charge >= 0.3 is 24.0 Å². The standard InChI is InChI=1S/C44H43N3O8/c48-39-24-23-36(27-40(39)52-28-32-14-5-1-6-15-32)26-37-41(49)47(43(46-37)54-30-34-18-9-3-10-19-34)38(42(50)53-29-33-16-7-2-8-17-33)22-13-25-45-44(51)55-31-35-20-11-4-12-21-35/h1-12,14-21,23-24,27,37-38,48H,13,22,25-26,28-31H2,(H,45,51)/p+1. The summed E-state index contributed by atoms with van der Waals surface area (Å²) in [5, 5.41) is 13.3. The molecular weight excluding hydrogens is 698 g/mol. The van der Waals surface area contributed by atoms with E-state index < -0.39 is 24.1 Å². The van der Waals surface area contributed by atoms with Gasteiger partial charge in [0.15, 0.2) is 11.5 Å². The van der Waals surface area contributed by atoms with Gasteiger partial charge in [-0.15, -0.1) is 4.90 Å². The normalized spacial score (nSPS) is 14.1. The topological polar surface area (TPSA) is 138 Å². The van der Waals surface area contributed by atoms with Gasteiger partial charge in [0, 0.05) is 19.4 Å². The van der Waals surface area contributed by atoms with Crippen molar-refractivity contribution in [3.05, 3.63) is 167 Å². The zero-order valence-electron chi connectivity index (χ0n) is 30.3. The molecule has 0 radical (unpaired) electrons. The van der Waals surface area contributed by atoms with Crippen molar-refractivity contribution < 1.29 is 43.4 Å². The Bertz CT molecular complexity index is 2030. The van der Waals surface area contributed by atoms with Gasteiger partial charge in [-0.3, -0.25) is 0 Å². The molecule has 55 heavy (non-hydrogen) atoms. The molecule has 11 nitrogen and oxygen atoms in total. The van der Waals surface area contributed by atoms with E-state index in [2.05, 4.69) is 10.3 Å². The Labute approximate surface area is 320 Å². The molecule has 2 unspecified atom stereocenters. The molecular formula is C44H44N3O8+. The van der Waals surface area contributed by atoms with E-state index in [1.807, 2.05) is 121 Å². The van der Waals surface area contributed by atoms with Gasteiger partial charge in [-0.05, 0) is 46.4 Å². The smallest absolute Gasteiger partial charge is 0.453 e. The maximum absolute atomic E-state index is 14.4. The van der Waals surface area contributed by atoms with Crippen LogP contribution in [0.4, 0.5) is 4.79 Å². The van der Waals surface area contributed by atoms with E-state index in [1.54, 1.807) is 12.1 Å². The van der Waals surface area contributed by atoms with Gasteiger partial charge in [-0.2, -0.15) is 0 Å². The average molecular weight is 743 g/mol. The lowest BCUT2D eigenvalue weighted by Crippen LogP contribution is -2.78. The third kappa shape index (κ3) is 11.2. The van der Waals surface area contributed by atoms with Gasteiger partial charge < -0.3 is 29.4 Å². The molecule has 282 valence electrons. The van der Waals surface area contributed by atoms with Crippen LogP contribution in [0, 0.1) is 0 Å². The van der Waals surface area contributed by atoms with Crippen molar-refractivity contribution in [2.24, 2.45) is 0 Å². The van der Waals surface area contributed by atoms with Gasteiger partial charge in [0.1, 0.15) is 26.4 Å². The van der Waals surface area contributed by atoms with Gasteiger partial charge in [-0.1, -0.05) is 127 Å². The first-order chi connectivity index (χ1) is 26.9. The lowest BCUT2D eigenvalue weighted by molar-refractivity contribution is -0.490. The zero-order valence-corrected chi connectivity index (χ0v) is 30.3. The number of rotatable bonds is 17. The SMILES string of the molecule is O=C(NCCCC(C(=O)OCc1ccccc1)N1C(=O)C(Cc2ccc(O)c(OCc3ccccc3)c2)[NH+]=C1OCc1ccccc1)OCc1ccccc1. The predicted molar refractivity (Wildman–Crippen MR) is 204 cm³/mol. The summed E-state index contributed by atoms with van der Waals surface area (Å²) in [4.78, 5) is 45.3. The number of amides is 2. The van der Waals surface area contributed by atoms with Crippen molar-refractivity contribution in [3.8, 4) is 11.5 Å². The zero-order chi connectivity index (χ0) is 38.2. The summed E-state index contributed by atoms with van der Waals surface area (Å²) in [7, 11) is 0. The molecule has 11 heteroatoms. The van der Waals surface area contributed by atoms with E-state index >= 15 is 0 Å². The summed E-state index contributed by atoms with van der Waals surface area (Å²) in [6, 6.07) is 40.9. The predicted octanol–water partition coefficient (Wildman–Crippen LogP) is 5.20. The van der Waals surface area contributed by atoms with Crippen LogP contribution in [0.1, 0.15) is 40.7 Å². The number of hydrogen-bond acceptors (Lipinski definition) is 8. The second kappa shape index (κ2) is 19.5. The molecule has 0 saturated carbocycles. The monoisotopic (exact) mass is 742 g/mol. The van der Waals surface area contributed by atoms with E-state index in [9.17, 15) is 19.5 Å². The number of hydrogen-bond donors (Lipinski definition) is 3. The van der Waals surface area contributed by atoms with Crippen LogP contribution in [0.3, 0.4) is 0 Å². The Kier molecular flexibility index (Phi) is 13.5. The number of amidine groups is 1. The molecule has 0 spiro atoms. The summed E-state index contributed by atoms with van der Waals surface area (Å²) < 4.78 is 23.3. The van der Waals surface area contributed by atoms with Crippen LogP contribution < -0.4 is 15.0 Å². The quantitative estimate of drug-likeness (QED) is 0.0875. The number of nitrogens with one attached hydrogen (secondary N) is 2. The molecule has 1 heterocycles. The molecule has 5 aromatic rings. The maximum atomic E-state index is 14.4. The minimum atomic E-state index is -1.08. The summed E-state index contributed by atoms with van der Waals surface area (Å²) >= 11 is 0. The fourth-order valence-electron chi connectivity index (χ4n) is 6.03. The molecule has 0 aromatic heterocycles. The third-order valence-corrected chi connectivity index (χ3v) is 8.92. The van der Waals surface area contributed by atoms with Crippen LogP contribution in [-0.2, 0) is 56.6 Å². The van der Waals surface area contributed by atoms with Crippen LogP contribution in [0.15, 0.2) is 140 Å². The Hall–Kier alpha value is -6.62. The van der Waals surface area contributed by atoms with Crippen LogP contribution in [-0.4, -0.2) is 52.6 Å². The molecule has 0 aliphatic carbocycles. The van der Waals surface area contributed by atoms with Crippen LogP contribution >= 0.6 is 0 Å². The van der Waals surface area contributed by atoms with Gasteiger partial charge in [0.25, 0.3) is 0 Å². The molecule has 1 aliphatic rings. The second-order valence-electron chi connectivity index (χ2n) is 13.0. The summed E-state index contributed by atoms with van der Waals surface area (Å²) in [5.74, 6) is -0.747. The van der Waals surface area contributed by atoms with E-state index in [-0.39, 0.29) is 69.2 Å². The lowest BCUT2D eigenvalue weighted by atomic mass is 10.0. The van der Waals surface area contributed by atoms with Crippen LogP contribution in [0.5, 0.6) is 11.5 Å². The second-order valence-corrected chi connectivity index (χ2v) is 13.0. The number of ether oxygens (including phenoxy) is 4. The van der Waals surface area contributed by atoms with E-state index in [4.69, 9.17) is 18.9 Å². The number of carbonyl (C=O) groups is 3. The largest absolute Gasteiger partial charge is 0.504 e. The summed E-state index contributed by atoms with van der Waals surface area (Å²) in [6.07, 6.45) is 0.0921. The van der Waals surface area contributed by atoms with Gasteiger partial charge in [0.05, 0.1) is 0 Å². The van der Waals surface area contributed by atoms with E-state index in [0.29, 0.717) is 6.42 Å². The molecule has 6 rings (SSSR count). The van der Waals surface area contributed by atoms with E-state index in [1.165, 1.54) is 11.0 Å². The molecule has 1 aliphatic heterocycles. The Morgan fingerprint density at radius 3 is 1.78 bits per heavy atom. The molecule has 3 N–H and O–H groups in total. The molecule has 0 fully saturated rings. The average Bonchev–Trinajstić information content (AvgIpc) is 3.53. The first-order valence-electron chi connectivity index (χ1n) is 18.2. The van der Waals surface area contributed by atoms with Crippen molar-refractivity contribution in [1.82, 2.24) is 10.2 Å². The minimum Gasteiger partial charge on any atom is -0.504 e. The summed E-state index contributed by atoms with van der Waals surface area (Å²) in [6.45, 7) is 0.711. The van der Waals surface area contributed by atoms with E-state index in [0.717, 1.165) is 27.8 Å². The third-order valence-electron chi connectivity index (χ3n) is 8.92. The minimum absolute atomic E-state index is 0.0125. The van der Waals surface area contributed by atoms with Crippen molar-refractivity contribution in [3.63, 3.8) is 0 Å². The highest BCUT2D eigenvalue weighted by Gasteiger charge is 2.51. The number of aromatic hydroxyl groups is 1. The fourth-order valence-corrected chi connectivity index (χ4v) is 6.03. The van der Waals surface area contributed by atoms with Gasteiger partial charge in [-0.25, -0.2) is 19.4 Å². The highest BCUT2D eigenvalue weighted by atomic mass is 16.5. The van der Waals surface area contributed by atoms with Crippen LogP contribution in [0.2, 0.25) is 0 Å². The Balaban J connectivity index is 1.18. The highest BCUT2D eigenvalue weighted by Crippen LogP contribution is 2.29. The lowest BCUT2D eigenvalue weighted by Gasteiger charge is -2.21. The fraction of sp³-hybridized carbons (Fsp3) is 0.227.